The molecule has 0 unspecified atom stereocenters. The average Bonchev–Trinajstić information content (AvgIpc) is 2.55. The van der Waals surface area contributed by atoms with E-state index in [1.165, 1.54) is 11.1 Å². The maximum atomic E-state index is 10.4. The van der Waals surface area contributed by atoms with Gasteiger partial charge in [-0.1, -0.05) is 60.7 Å². The van der Waals surface area contributed by atoms with Crippen molar-refractivity contribution < 1.29 is 19.4 Å². The van der Waals surface area contributed by atoms with Crippen molar-refractivity contribution in [2.24, 2.45) is 5.73 Å². The largest absolute Gasteiger partial charge is 0.478 e. The summed E-state index contributed by atoms with van der Waals surface area (Å²) in [5.74, 6) is -2.12. The molecule has 0 atom stereocenters. The van der Waals surface area contributed by atoms with Gasteiger partial charge < -0.3 is 15.6 Å². The van der Waals surface area contributed by atoms with Gasteiger partial charge in [-0.2, -0.15) is 0 Å². The van der Waals surface area contributed by atoms with Gasteiger partial charge in [0.1, 0.15) is 5.70 Å². The van der Waals surface area contributed by atoms with Gasteiger partial charge in [0.2, 0.25) is 0 Å². The molecule has 114 valence electrons. The molecular formula is C17H17NO4. The molecule has 0 aliphatic rings. The zero-order chi connectivity index (χ0) is 16.4. The average molecular weight is 299 g/mol. The molecule has 0 bridgehead atoms. The minimum Gasteiger partial charge on any atom is -0.478 e. The first-order valence-electron chi connectivity index (χ1n) is 6.43. The van der Waals surface area contributed by atoms with Crippen LogP contribution in [0.4, 0.5) is 0 Å². The number of benzene rings is 2. The lowest BCUT2D eigenvalue weighted by Crippen LogP contribution is -2.14. The van der Waals surface area contributed by atoms with Crippen LogP contribution in [0.2, 0.25) is 0 Å². The monoisotopic (exact) mass is 299 g/mol. The summed E-state index contributed by atoms with van der Waals surface area (Å²) in [5, 5.41) is 8.06. The number of rotatable bonds is 3. The van der Waals surface area contributed by atoms with Crippen LogP contribution < -0.4 is 5.73 Å². The van der Waals surface area contributed by atoms with Gasteiger partial charge in [0, 0.05) is 0 Å². The third kappa shape index (κ3) is 5.92. The quantitative estimate of drug-likeness (QED) is 0.671. The number of methoxy groups -OCH3 is 1. The molecule has 3 N–H and O–H groups in total. The Morgan fingerprint density at radius 1 is 0.955 bits per heavy atom. The van der Waals surface area contributed by atoms with Crippen LogP contribution in [0.15, 0.2) is 72.4 Å². The Kier molecular flexibility index (Phi) is 6.92. The molecule has 2 aromatic rings. The molecule has 5 heteroatoms. The number of carboxylic acids is 1. The van der Waals surface area contributed by atoms with Crippen molar-refractivity contribution in [3.63, 3.8) is 0 Å². The maximum absolute atomic E-state index is 10.4. The highest BCUT2D eigenvalue weighted by molar-refractivity contribution is 5.94. The minimum absolute atomic E-state index is 0.421. The zero-order valence-corrected chi connectivity index (χ0v) is 12.1. The van der Waals surface area contributed by atoms with E-state index < -0.39 is 17.6 Å². The predicted molar refractivity (Wildman–Crippen MR) is 83.8 cm³/mol. The number of hydrogen-bond donors (Lipinski definition) is 2. The van der Waals surface area contributed by atoms with Gasteiger partial charge in [0.25, 0.3) is 0 Å². The molecular weight excluding hydrogens is 282 g/mol. The number of carbonyl (C=O) groups is 2. The number of carboxylic acid groups (broad SMARTS) is 1. The highest BCUT2D eigenvalue weighted by atomic mass is 16.5. The van der Waals surface area contributed by atoms with Gasteiger partial charge in [0.05, 0.1) is 13.2 Å². The van der Waals surface area contributed by atoms with Gasteiger partial charge >= 0.3 is 11.9 Å². The Labute approximate surface area is 128 Å². The lowest BCUT2D eigenvalue weighted by atomic mass is 10.1. The molecule has 0 heterocycles. The fourth-order valence-corrected chi connectivity index (χ4v) is 1.57. The third-order valence-corrected chi connectivity index (χ3v) is 2.58. The highest BCUT2D eigenvalue weighted by Crippen LogP contribution is 2.17. The Balaban J connectivity index is 0.000000225. The second kappa shape index (κ2) is 8.97. The van der Waals surface area contributed by atoms with E-state index in [9.17, 15) is 9.59 Å². The van der Waals surface area contributed by atoms with Gasteiger partial charge in [0.15, 0.2) is 0 Å². The van der Waals surface area contributed by atoms with E-state index in [0.717, 1.165) is 7.11 Å². The van der Waals surface area contributed by atoms with E-state index in [4.69, 9.17) is 10.8 Å². The molecule has 0 aromatic heterocycles. The van der Waals surface area contributed by atoms with Crippen LogP contribution in [-0.2, 0) is 14.3 Å². The summed E-state index contributed by atoms with van der Waals surface area (Å²) < 4.78 is 4.12. The smallest absolute Gasteiger partial charge is 0.354 e. The molecule has 0 saturated carbocycles. The number of ether oxygens (including phenoxy) is 1. The van der Waals surface area contributed by atoms with Crippen molar-refractivity contribution in [3.05, 3.63) is 72.4 Å². The molecule has 0 amide bonds. The van der Waals surface area contributed by atoms with Crippen molar-refractivity contribution in [3.8, 4) is 11.1 Å². The normalized spacial score (nSPS) is 10.1. The second-order valence-electron chi connectivity index (χ2n) is 4.16. The fraction of sp³-hybridized carbons (Fsp3) is 0.0588. The van der Waals surface area contributed by atoms with E-state index in [1.54, 1.807) is 0 Å². The van der Waals surface area contributed by atoms with Crippen molar-refractivity contribution in [1.82, 2.24) is 0 Å². The molecule has 5 nitrogen and oxygen atoms in total. The van der Waals surface area contributed by atoms with Crippen LogP contribution in [-0.4, -0.2) is 24.2 Å². The topological polar surface area (TPSA) is 89.6 Å². The minimum atomic E-state index is -1.28. The Bertz CT molecular complexity index is 599. The van der Waals surface area contributed by atoms with Gasteiger partial charge in [-0.25, -0.2) is 9.59 Å². The molecule has 0 aliphatic heterocycles. The van der Waals surface area contributed by atoms with E-state index >= 15 is 0 Å². The van der Waals surface area contributed by atoms with Gasteiger partial charge in [-0.15, -0.1) is 0 Å². The van der Waals surface area contributed by atoms with E-state index in [2.05, 4.69) is 53.3 Å². The molecule has 2 aromatic carbocycles. The first-order valence-corrected chi connectivity index (χ1v) is 6.43. The first kappa shape index (κ1) is 17.0. The lowest BCUT2D eigenvalue weighted by Gasteiger charge is -1.98. The first-order chi connectivity index (χ1) is 10.5. The number of aliphatic carboxylic acids is 1. The van der Waals surface area contributed by atoms with Crippen molar-refractivity contribution >= 4 is 11.9 Å². The summed E-state index contributed by atoms with van der Waals surface area (Å²) in [6, 6.07) is 20.8. The molecule has 0 spiro atoms. The van der Waals surface area contributed by atoms with E-state index in [0.29, 0.717) is 6.08 Å². The summed E-state index contributed by atoms with van der Waals surface area (Å²) in [6.45, 7) is 0. The SMILES string of the molecule is COC(=O)/C(N)=C\C(=O)O.c1ccc(-c2ccccc2)cc1. The summed E-state index contributed by atoms with van der Waals surface area (Å²) in [6.07, 6.45) is 0.575. The molecule has 0 saturated heterocycles. The Morgan fingerprint density at radius 3 is 1.68 bits per heavy atom. The lowest BCUT2D eigenvalue weighted by molar-refractivity contribution is -0.137. The standard InChI is InChI=1S/C12H10.C5H7NO4/c1-3-7-11(8-4-1)12-9-5-2-6-10-12;1-10-5(9)3(6)2-4(7)8/h1-10H;2H,6H2,1H3,(H,7,8)/b;3-2+. The Hall–Kier alpha value is -3.08. The molecule has 0 radical (unpaired) electrons. The summed E-state index contributed by atoms with van der Waals surface area (Å²) in [5.41, 5.74) is 7.07. The maximum Gasteiger partial charge on any atom is 0.354 e. The van der Waals surface area contributed by atoms with E-state index in [1.807, 2.05) is 12.1 Å². The van der Waals surface area contributed by atoms with Crippen LogP contribution >= 0.6 is 0 Å². The van der Waals surface area contributed by atoms with E-state index in [-0.39, 0.29) is 0 Å². The fourth-order valence-electron chi connectivity index (χ4n) is 1.57. The zero-order valence-electron chi connectivity index (χ0n) is 12.1. The molecule has 0 fully saturated rings. The third-order valence-electron chi connectivity index (χ3n) is 2.58. The number of carbonyl (C=O) groups excluding carboxylic acids is 1. The molecule has 0 aliphatic carbocycles. The molecule has 2 rings (SSSR count). The van der Waals surface area contributed by atoms with Crippen LogP contribution in [0.1, 0.15) is 0 Å². The Morgan fingerprint density at radius 2 is 1.36 bits per heavy atom. The van der Waals surface area contributed by atoms with Crippen LogP contribution in [0, 0.1) is 0 Å². The number of esters is 1. The van der Waals surface area contributed by atoms with Crippen molar-refractivity contribution in [2.45, 2.75) is 0 Å². The van der Waals surface area contributed by atoms with Crippen molar-refractivity contribution in [1.29, 1.82) is 0 Å². The second-order valence-corrected chi connectivity index (χ2v) is 4.16. The van der Waals surface area contributed by atoms with Crippen LogP contribution in [0.5, 0.6) is 0 Å². The van der Waals surface area contributed by atoms with Crippen LogP contribution in [0.3, 0.4) is 0 Å². The van der Waals surface area contributed by atoms with Crippen molar-refractivity contribution in [2.75, 3.05) is 7.11 Å². The number of nitrogens with two attached hydrogens (primary N) is 1. The summed E-state index contributed by atoms with van der Waals surface area (Å²) in [7, 11) is 1.12. The van der Waals surface area contributed by atoms with Gasteiger partial charge in [-0.3, -0.25) is 0 Å². The molecule has 22 heavy (non-hydrogen) atoms. The van der Waals surface area contributed by atoms with Crippen LogP contribution in [0.25, 0.3) is 11.1 Å². The highest BCUT2D eigenvalue weighted by Gasteiger charge is 2.04. The van der Waals surface area contributed by atoms with Gasteiger partial charge in [-0.05, 0) is 11.1 Å². The number of hydrogen-bond acceptors (Lipinski definition) is 4. The predicted octanol–water partition coefficient (Wildman–Crippen LogP) is 2.44. The summed E-state index contributed by atoms with van der Waals surface area (Å²) in [4.78, 5) is 20.2. The summed E-state index contributed by atoms with van der Waals surface area (Å²) >= 11 is 0.